The zero-order valence-corrected chi connectivity index (χ0v) is 11.1. The number of rotatable bonds is 4. The third-order valence-electron chi connectivity index (χ3n) is 3.97. The van der Waals surface area contributed by atoms with Crippen molar-refractivity contribution in [3.05, 3.63) is 41.7 Å². The van der Waals surface area contributed by atoms with Crippen molar-refractivity contribution >= 4 is 5.91 Å². The van der Waals surface area contributed by atoms with E-state index in [2.05, 4.69) is 28.5 Å². The standard InChI is InChI=1S/C16H20N2O/c19-16(14-4-2-1-3-5-14)18-10-12-8-15(11-17-9-12)13-6-7-13/h1-2,8-9,11,13-14H,3-7,10H2,(H,18,19). The Hall–Kier alpha value is -1.64. The summed E-state index contributed by atoms with van der Waals surface area (Å²) >= 11 is 0. The van der Waals surface area contributed by atoms with Crippen LogP contribution in [0.3, 0.4) is 0 Å². The number of hydrogen-bond donors (Lipinski definition) is 1. The summed E-state index contributed by atoms with van der Waals surface area (Å²) in [4.78, 5) is 16.3. The molecule has 2 aliphatic rings. The number of nitrogens with one attached hydrogen (secondary N) is 1. The van der Waals surface area contributed by atoms with Crippen molar-refractivity contribution in [2.75, 3.05) is 0 Å². The Labute approximate surface area is 114 Å². The van der Waals surface area contributed by atoms with Crippen LogP contribution in [-0.2, 0) is 11.3 Å². The lowest BCUT2D eigenvalue weighted by Gasteiger charge is -2.17. The second-order valence-corrected chi connectivity index (χ2v) is 5.60. The van der Waals surface area contributed by atoms with Gasteiger partial charge in [0.2, 0.25) is 5.91 Å². The largest absolute Gasteiger partial charge is 0.352 e. The van der Waals surface area contributed by atoms with Gasteiger partial charge in [-0.25, -0.2) is 0 Å². The monoisotopic (exact) mass is 256 g/mol. The average Bonchev–Trinajstić information content (AvgIpc) is 3.31. The van der Waals surface area contributed by atoms with E-state index in [9.17, 15) is 4.79 Å². The van der Waals surface area contributed by atoms with Crippen molar-refractivity contribution < 1.29 is 4.79 Å². The first kappa shape index (κ1) is 12.4. The molecule has 1 aromatic heterocycles. The molecule has 1 fully saturated rings. The highest BCUT2D eigenvalue weighted by Gasteiger charge is 2.24. The molecule has 0 aromatic carbocycles. The molecule has 1 amide bonds. The van der Waals surface area contributed by atoms with Crippen LogP contribution in [0.4, 0.5) is 0 Å². The lowest BCUT2D eigenvalue weighted by molar-refractivity contribution is -0.125. The molecule has 0 radical (unpaired) electrons. The van der Waals surface area contributed by atoms with E-state index in [0.717, 1.165) is 24.8 Å². The van der Waals surface area contributed by atoms with Gasteiger partial charge in [-0.2, -0.15) is 0 Å². The summed E-state index contributed by atoms with van der Waals surface area (Å²) in [6, 6.07) is 2.19. The van der Waals surface area contributed by atoms with E-state index in [0.29, 0.717) is 12.5 Å². The van der Waals surface area contributed by atoms with E-state index in [-0.39, 0.29) is 11.8 Å². The average molecular weight is 256 g/mol. The van der Waals surface area contributed by atoms with Crippen LogP contribution < -0.4 is 5.32 Å². The summed E-state index contributed by atoms with van der Waals surface area (Å²) in [6.07, 6.45) is 13.5. The predicted molar refractivity (Wildman–Crippen MR) is 74.5 cm³/mol. The highest BCUT2D eigenvalue weighted by atomic mass is 16.1. The minimum atomic E-state index is 0.157. The van der Waals surface area contributed by atoms with Gasteiger partial charge < -0.3 is 5.32 Å². The summed E-state index contributed by atoms with van der Waals surface area (Å²) < 4.78 is 0. The minimum absolute atomic E-state index is 0.157. The Morgan fingerprint density at radius 2 is 2.16 bits per heavy atom. The summed E-state index contributed by atoms with van der Waals surface area (Å²) in [7, 11) is 0. The zero-order valence-electron chi connectivity index (χ0n) is 11.1. The first-order chi connectivity index (χ1) is 9.33. The molecular formula is C16H20N2O. The third kappa shape index (κ3) is 3.22. The molecule has 3 nitrogen and oxygen atoms in total. The van der Waals surface area contributed by atoms with E-state index in [1.807, 2.05) is 12.4 Å². The lowest BCUT2D eigenvalue weighted by atomic mass is 9.93. The second-order valence-electron chi connectivity index (χ2n) is 5.60. The molecule has 100 valence electrons. The van der Waals surface area contributed by atoms with Crippen molar-refractivity contribution in [1.29, 1.82) is 0 Å². The quantitative estimate of drug-likeness (QED) is 0.842. The molecule has 1 saturated carbocycles. The normalized spacial score (nSPS) is 22.2. The van der Waals surface area contributed by atoms with Crippen LogP contribution in [0.1, 0.15) is 49.1 Å². The Morgan fingerprint density at radius 1 is 1.26 bits per heavy atom. The number of carbonyl (C=O) groups excluding carboxylic acids is 1. The van der Waals surface area contributed by atoms with Gasteiger partial charge in [0.05, 0.1) is 0 Å². The van der Waals surface area contributed by atoms with Gasteiger partial charge in [-0.1, -0.05) is 18.2 Å². The SMILES string of the molecule is O=C(NCc1cncc(C2CC2)c1)C1CC=CCC1. The smallest absolute Gasteiger partial charge is 0.223 e. The Kier molecular flexibility index (Phi) is 3.62. The van der Waals surface area contributed by atoms with Crippen LogP contribution in [0.15, 0.2) is 30.6 Å². The first-order valence-corrected chi connectivity index (χ1v) is 7.19. The van der Waals surface area contributed by atoms with Crippen LogP contribution in [0.25, 0.3) is 0 Å². The van der Waals surface area contributed by atoms with Gasteiger partial charge in [-0.3, -0.25) is 9.78 Å². The molecule has 0 saturated heterocycles. The minimum Gasteiger partial charge on any atom is -0.352 e. The maximum atomic E-state index is 12.0. The Bertz CT molecular complexity index is 491. The van der Waals surface area contributed by atoms with Gasteiger partial charge in [0, 0.05) is 24.9 Å². The van der Waals surface area contributed by atoms with E-state index in [1.54, 1.807) is 0 Å². The van der Waals surface area contributed by atoms with Crippen LogP contribution in [0.5, 0.6) is 0 Å². The predicted octanol–water partition coefficient (Wildman–Crippen LogP) is 2.93. The van der Waals surface area contributed by atoms with E-state index >= 15 is 0 Å². The summed E-state index contributed by atoms with van der Waals surface area (Å²) in [5.74, 6) is 1.05. The van der Waals surface area contributed by atoms with Crippen LogP contribution in [-0.4, -0.2) is 10.9 Å². The van der Waals surface area contributed by atoms with Crippen molar-refractivity contribution in [1.82, 2.24) is 10.3 Å². The van der Waals surface area contributed by atoms with Crippen molar-refractivity contribution in [3.63, 3.8) is 0 Å². The van der Waals surface area contributed by atoms with Crippen LogP contribution in [0.2, 0.25) is 0 Å². The number of hydrogen-bond acceptors (Lipinski definition) is 2. The zero-order chi connectivity index (χ0) is 13.1. The molecule has 0 spiro atoms. The highest BCUT2D eigenvalue weighted by molar-refractivity contribution is 5.78. The van der Waals surface area contributed by atoms with E-state index in [4.69, 9.17) is 0 Å². The maximum absolute atomic E-state index is 12.0. The summed E-state index contributed by atoms with van der Waals surface area (Å²) in [5.41, 5.74) is 2.44. The number of allylic oxidation sites excluding steroid dienone is 2. The molecule has 0 aliphatic heterocycles. The second kappa shape index (κ2) is 5.55. The molecule has 3 heteroatoms. The first-order valence-electron chi connectivity index (χ1n) is 7.19. The molecule has 1 heterocycles. The summed E-state index contributed by atoms with van der Waals surface area (Å²) in [5, 5.41) is 3.04. The van der Waals surface area contributed by atoms with Gasteiger partial charge in [0.15, 0.2) is 0 Å². The lowest BCUT2D eigenvalue weighted by Crippen LogP contribution is -2.30. The molecule has 19 heavy (non-hydrogen) atoms. The number of aromatic nitrogens is 1. The van der Waals surface area contributed by atoms with Gasteiger partial charge in [0.1, 0.15) is 0 Å². The third-order valence-corrected chi connectivity index (χ3v) is 3.97. The van der Waals surface area contributed by atoms with E-state index in [1.165, 1.54) is 18.4 Å². The maximum Gasteiger partial charge on any atom is 0.223 e. The number of amides is 1. The van der Waals surface area contributed by atoms with Crippen molar-refractivity contribution in [2.24, 2.45) is 5.92 Å². The fourth-order valence-electron chi connectivity index (χ4n) is 2.61. The Morgan fingerprint density at radius 3 is 2.89 bits per heavy atom. The molecule has 1 atom stereocenters. The highest BCUT2D eigenvalue weighted by Crippen LogP contribution is 2.39. The van der Waals surface area contributed by atoms with Gasteiger partial charge in [-0.05, 0) is 49.1 Å². The summed E-state index contributed by atoms with van der Waals surface area (Å²) in [6.45, 7) is 0.604. The molecule has 2 aliphatic carbocycles. The Balaban J connectivity index is 1.55. The van der Waals surface area contributed by atoms with E-state index < -0.39 is 0 Å². The molecule has 3 rings (SSSR count). The molecule has 0 bridgehead atoms. The van der Waals surface area contributed by atoms with Crippen molar-refractivity contribution in [3.8, 4) is 0 Å². The number of carbonyl (C=O) groups is 1. The molecule has 1 aromatic rings. The number of nitrogens with zero attached hydrogens (tertiary/aromatic N) is 1. The van der Waals surface area contributed by atoms with Gasteiger partial charge in [0.25, 0.3) is 0 Å². The van der Waals surface area contributed by atoms with Gasteiger partial charge >= 0.3 is 0 Å². The van der Waals surface area contributed by atoms with Crippen LogP contribution in [0, 0.1) is 5.92 Å². The van der Waals surface area contributed by atoms with Gasteiger partial charge in [-0.15, -0.1) is 0 Å². The number of pyridine rings is 1. The topological polar surface area (TPSA) is 42.0 Å². The van der Waals surface area contributed by atoms with Crippen LogP contribution >= 0.6 is 0 Å². The molecule has 1 N–H and O–H groups in total. The van der Waals surface area contributed by atoms with Crippen molar-refractivity contribution in [2.45, 2.75) is 44.6 Å². The molecule has 1 unspecified atom stereocenters. The molecular weight excluding hydrogens is 236 g/mol. The fraction of sp³-hybridized carbons (Fsp3) is 0.500. The fourth-order valence-corrected chi connectivity index (χ4v) is 2.61.